The number of piperidine rings is 1. The van der Waals surface area contributed by atoms with Crippen LogP contribution in [0.4, 0.5) is 0 Å². The number of rotatable bonds is 6. The molecule has 2 fully saturated rings. The summed E-state index contributed by atoms with van der Waals surface area (Å²) in [5.74, 6) is 1.13. The second kappa shape index (κ2) is 9.97. The summed E-state index contributed by atoms with van der Waals surface area (Å²) in [7, 11) is 0. The predicted octanol–water partition coefficient (Wildman–Crippen LogP) is 3.97. The zero-order valence-corrected chi connectivity index (χ0v) is 20.3. The fraction of sp³-hybridized carbons (Fsp3) is 0.414. The minimum atomic E-state index is 0.214. The molecule has 0 spiro atoms. The number of fused-ring (bicyclic) bond motifs is 1. The third-order valence-electron chi connectivity index (χ3n) is 7.75. The molecule has 1 N–H and O–H groups in total. The van der Waals surface area contributed by atoms with Crippen LogP contribution in [0.3, 0.4) is 0 Å². The molecule has 2 saturated heterocycles. The highest BCUT2D eigenvalue weighted by molar-refractivity contribution is 5.98. The number of nitrogens with zero attached hydrogens (tertiary/aromatic N) is 3. The van der Waals surface area contributed by atoms with E-state index in [0.29, 0.717) is 6.04 Å². The van der Waals surface area contributed by atoms with Crippen molar-refractivity contribution in [2.75, 3.05) is 39.3 Å². The molecule has 1 unspecified atom stereocenters. The van der Waals surface area contributed by atoms with Crippen LogP contribution in [0.15, 0.2) is 65.3 Å². The van der Waals surface area contributed by atoms with Crippen LogP contribution in [0.5, 0.6) is 0 Å². The zero-order chi connectivity index (χ0) is 23.6. The largest absolute Gasteiger partial charge is 0.464 e. The summed E-state index contributed by atoms with van der Waals surface area (Å²) in [6.45, 7) is 8.99. The molecule has 0 radical (unpaired) electrons. The van der Waals surface area contributed by atoms with E-state index in [1.807, 2.05) is 12.1 Å². The van der Waals surface area contributed by atoms with Gasteiger partial charge < -0.3 is 14.6 Å². The third-order valence-corrected chi connectivity index (χ3v) is 7.75. The molecule has 6 nitrogen and oxygen atoms in total. The van der Waals surface area contributed by atoms with Gasteiger partial charge in [0.05, 0.1) is 6.26 Å². The Morgan fingerprint density at radius 2 is 1.66 bits per heavy atom. The van der Waals surface area contributed by atoms with Crippen LogP contribution in [0.25, 0.3) is 11.3 Å². The first-order valence-corrected chi connectivity index (χ1v) is 12.9. The highest BCUT2D eigenvalue weighted by Gasteiger charge is 2.33. The first-order valence-electron chi connectivity index (χ1n) is 12.9. The molecule has 4 heterocycles. The number of amides is 1. The summed E-state index contributed by atoms with van der Waals surface area (Å²) < 4.78 is 5.50. The summed E-state index contributed by atoms with van der Waals surface area (Å²) in [5.41, 5.74) is 5.90. The molecule has 3 aliphatic rings. The molecule has 1 amide bonds. The number of carbonyl (C=O) groups is 1. The van der Waals surface area contributed by atoms with Crippen molar-refractivity contribution >= 4 is 5.91 Å². The predicted molar refractivity (Wildman–Crippen MR) is 137 cm³/mol. The summed E-state index contributed by atoms with van der Waals surface area (Å²) in [6, 6.07) is 19.5. The number of hydrogen-bond donors (Lipinski definition) is 1. The summed E-state index contributed by atoms with van der Waals surface area (Å²) in [4.78, 5) is 20.1. The maximum Gasteiger partial charge on any atom is 0.254 e. The number of benzene rings is 2. The Kier molecular flexibility index (Phi) is 6.42. The molecule has 1 aromatic heterocycles. The van der Waals surface area contributed by atoms with E-state index in [9.17, 15) is 4.79 Å². The molecular weight excluding hydrogens is 436 g/mol. The van der Waals surface area contributed by atoms with Gasteiger partial charge >= 0.3 is 0 Å². The van der Waals surface area contributed by atoms with Gasteiger partial charge in [0.1, 0.15) is 5.76 Å². The quantitative estimate of drug-likeness (QED) is 0.591. The molecule has 182 valence electrons. The van der Waals surface area contributed by atoms with Gasteiger partial charge in [-0.25, -0.2) is 0 Å². The molecular formula is C29H34N4O2. The van der Waals surface area contributed by atoms with Crippen molar-refractivity contribution in [2.45, 2.75) is 38.5 Å². The van der Waals surface area contributed by atoms with Gasteiger partial charge in [-0.3, -0.25) is 14.6 Å². The van der Waals surface area contributed by atoms with Gasteiger partial charge in [-0.05, 0) is 54.3 Å². The number of hydrogen-bond acceptors (Lipinski definition) is 5. The Labute approximate surface area is 207 Å². The van der Waals surface area contributed by atoms with Crippen LogP contribution in [-0.2, 0) is 19.6 Å². The lowest BCUT2D eigenvalue weighted by molar-refractivity contribution is 0.0674. The molecule has 3 aromatic rings. The van der Waals surface area contributed by atoms with E-state index >= 15 is 0 Å². The maximum atomic E-state index is 12.9. The SMILES string of the molecule is O=C1c2ccc(CN3CCN(Cc4ccc(-c5ccco5)cc4)CC3)cc2CN1C1CCCNC1. The Balaban J connectivity index is 1.01. The van der Waals surface area contributed by atoms with Gasteiger partial charge in [-0.1, -0.05) is 36.4 Å². The second-order valence-corrected chi connectivity index (χ2v) is 10.2. The van der Waals surface area contributed by atoms with Crippen molar-refractivity contribution in [2.24, 2.45) is 0 Å². The smallest absolute Gasteiger partial charge is 0.254 e. The molecule has 2 aromatic carbocycles. The fourth-order valence-electron chi connectivity index (χ4n) is 5.73. The molecule has 0 bridgehead atoms. The molecule has 1 atom stereocenters. The van der Waals surface area contributed by atoms with E-state index in [1.54, 1.807) is 6.26 Å². The highest BCUT2D eigenvalue weighted by Crippen LogP contribution is 2.28. The lowest BCUT2D eigenvalue weighted by Crippen LogP contribution is -2.46. The van der Waals surface area contributed by atoms with Crippen LogP contribution in [-0.4, -0.2) is 65.9 Å². The monoisotopic (exact) mass is 470 g/mol. The van der Waals surface area contributed by atoms with Crippen LogP contribution in [0, 0.1) is 0 Å². The van der Waals surface area contributed by atoms with Crippen molar-refractivity contribution in [3.63, 3.8) is 0 Å². The van der Waals surface area contributed by atoms with Crippen LogP contribution < -0.4 is 5.32 Å². The van der Waals surface area contributed by atoms with E-state index in [1.165, 1.54) is 16.7 Å². The molecule has 0 saturated carbocycles. The number of carbonyl (C=O) groups excluding carboxylic acids is 1. The standard InChI is InChI=1S/C29H34N4O2/c34-29-27-10-7-23(17-25(27)21-33(29)26-3-1-11-30-18-26)20-32-14-12-31(13-15-32)19-22-5-8-24(9-6-22)28-4-2-16-35-28/h2,4-10,16-17,26,30H,1,3,11-15,18-21H2. The average molecular weight is 471 g/mol. The van der Waals surface area contributed by atoms with Gasteiger partial charge in [0, 0.05) is 69.5 Å². The van der Waals surface area contributed by atoms with E-state index in [4.69, 9.17) is 4.42 Å². The molecule has 0 aliphatic carbocycles. The van der Waals surface area contributed by atoms with Crippen molar-refractivity contribution in [3.05, 3.63) is 83.1 Å². The molecule has 6 heteroatoms. The summed E-state index contributed by atoms with van der Waals surface area (Å²) in [6.07, 6.45) is 3.98. The summed E-state index contributed by atoms with van der Waals surface area (Å²) in [5, 5.41) is 3.44. The highest BCUT2D eigenvalue weighted by atomic mass is 16.3. The van der Waals surface area contributed by atoms with E-state index < -0.39 is 0 Å². The Bertz CT molecular complexity index is 1140. The van der Waals surface area contributed by atoms with Crippen molar-refractivity contribution in [1.82, 2.24) is 20.0 Å². The molecule has 3 aliphatic heterocycles. The van der Waals surface area contributed by atoms with Crippen molar-refractivity contribution in [3.8, 4) is 11.3 Å². The van der Waals surface area contributed by atoms with Gasteiger partial charge in [0.2, 0.25) is 0 Å². The number of nitrogens with one attached hydrogen (secondary N) is 1. The number of furan rings is 1. The normalized spacial score (nSPS) is 21.4. The first-order chi connectivity index (χ1) is 17.2. The van der Waals surface area contributed by atoms with Gasteiger partial charge in [-0.2, -0.15) is 0 Å². The third kappa shape index (κ3) is 4.92. The van der Waals surface area contributed by atoms with Gasteiger partial charge in [0.25, 0.3) is 5.91 Å². The van der Waals surface area contributed by atoms with Crippen LogP contribution in [0.2, 0.25) is 0 Å². The minimum absolute atomic E-state index is 0.214. The average Bonchev–Trinajstić information content (AvgIpc) is 3.55. The maximum absolute atomic E-state index is 12.9. The zero-order valence-electron chi connectivity index (χ0n) is 20.3. The first kappa shape index (κ1) is 22.5. The Hall–Kier alpha value is -2.93. The van der Waals surface area contributed by atoms with Crippen molar-refractivity contribution in [1.29, 1.82) is 0 Å². The number of piperazine rings is 1. The minimum Gasteiger partial charge on any atom is -0.464 e. The summed E-state index contributed by atoms with van der Waals surface area (Å²) >= 11 is 0. The lowest BCUT2D eigenvalue weighted by Gasteiger charge is -2.34. The topological polar surface area (TPSA) is 52.0 Å². The van der Waals surface area contributed by atoms with Crippen LogP contribution in [0.1, 0.15) is 39.9 Å². The van der Waals surface area contributed by atoms with Crippen molar-refractivity contribution < 1.29 is 9.21 Å². The van der Waals surface area contributed by atoms with Gasteiger partial charge in [-0.15, -0.1) is 0 Å². The van der Waals surface area contributed by atoms with E-state index in [2.05, 4.69) is 62.5 Å². The van der Waals surface area contributed by atoms with E-state index in [-0.39, 0.29) is 5.91 Å². The fourth-order valence-corrected chi connectivity index (χ4v) is 5.73. The van der Waals surface area contributed by atoms with Gasteiger partial charge in [0.15, 0.2) is 0 Å². The molecule has 6 rings (SSSR count). The Morgan fingerprint density at radius 3 is 2.34 bits per heavy atom. The van der Waals surface area contributed by atoms with E-state index in [0.717, 1.165) is 88.6 Å². The molecule has 35 heavy (non-hydrogen) atoms. The Morgan fingerprint density at radius 1 is 0.914 bits per heavy atom. The lowest BCUT2D eigenvalue weighted by atomic mass is 10.1. The van der Waals surface area contributed by atoms with Crippen LogP contribution >= 0.6 is 0 Å². The second-order valence-electron chi connectivity index (χ2n) is 10.2.